The number of rotatable bonds is 10. The molecule has 2 atom stereocenters. The van der Waals surface area contributed by atoms with Gasteiger partial charge in [-0.05, 0) is 113 Å². The molecule has 0 amide bonds. The third-order valence-corrected chi connectivity index (χ3v) is 7.02. The molecular weight excluding hydrogens is 352 g/mol. The summed E-state index contributed by atoms with van der Waals surface area (Å²) in [7, 11) is 0. The van der Waals surface area contributed by atoms with Crippen LogP contribution in [0.3, 0.4) is 0 Å². The summed E-state index contributed by atoms with van der Waals surface area (Å²) in [6.07, 6.45) is 6.34. The second kappa shape index (κ2) is 9.94. The number of benzene rings is 2. The second-order valence-electron chi connectivity index (χ2n) is 9.55. The van der Waals surface area contributed by atoms with E-state index in [-0.39, 0.29) is 11.2 Å². The first-order valence-corrected chi connectivity index (χ1v) is 11.4. The first-order chi connectivity index (χ1) is 13.6. The van der Waals surface area contributed by atoms with Gasteiger partial charge in [0.05, 0.1) is 11.2 Å². The topological polar surface area (TPSA) is 9.23 Å². The molecule has 2 rings (SSSR count). The van der Waals surface area contributed by atoms with Crippen LogP contribution in [-0.4, -0.2) is 11.2 Å². The summed E-state index contributed by atoms with van der Waals surface area (Å²) in [6.45, 7) is 17.9. The minimum atomic E-state index is -0.0905. The van der Waals surface area contributed by atoms with Crippen LogP contribution in [0, 0.1) is 27.7 Å². The Kier molecular flexibility index (Phi) is 8.11. The van der Waals surface area contributed by atoms with Gasteiger partial charge in [-0.25, -0.2) is 0 Å². The van der Waals surface area contributed by atoms with Crippen LogP contribution in [0.25, 0.3) is 0 Å². The van der Waals surface area contributed by atoms with E-state index in [4.69, 9.17) is 4.74 Å². The molecule has 0 aliphatic heterocycles. The van der Waals surface area contributed by atoms with Gasteiger partial charge in [0.2, 0.25) is 0 Å². The number of aryl methyl sites for hydroxylation is 6. The van der Waals surface area contributed by atoms with Crippen LogP contribution < -0.4 is 0 Å². The standard InChI is InChI=1S/C28H42O/c1-9-27(7,17-15-25-13-11-21(3)23(5)19-25)29-28(8,10-2)18-16-26-14-12-22(4)24(6)20-26/h11-14,19-20H,9-10,15-18H2,1-8H3. The molecular formula is C28H42O. The lowest BCUT2D eigenvalue weighted by Crippen LogP contribution is -2.41. The van der Waals surface area contributed by atoms with Gasteiger partial charge >= 0.3 is 0 Å². The number of hydrogen-bond donors (Lipinski definition) is 0. The van der Waals surface area contributed by atoms with Crippen LogP contribution in [0.1, 0.15) is 86.8 Å². The van der Waals surface area contributed by atoms with Crippen molar-refractivity contribution in [1.82, 2.24) is 0 Å². The highest BCUT2D eigenvalue weighted by Gasteiger charge is 2.33. The first kappa shape index (κ1) is 23.7. The lowest BCUT2D eigenvalue weighted by Gasteiger charge is -2.40. The Hall–Kier alpha value is -1.60. The van der Waals surface area contributed by atoms with Gasteiger partial charge in [-0.3, -0.25) is 0 Å². The largest absolute Gasteiger partial charge is 0.369 e. The van der Waals surface area contributed by atoms with Gasteiger partial charge < -0.3 is 4.74 Å². The average molecular weight is 395 g/mol. The summed E-state index contributed by atoms with van der Waals surface area (Å²) in [5, 5.41) is 0. The maximum Gasteiger partial charge on any atom is 0.0662 e. The quantitative estimate of drug-likeness (QED) is 0.399. The lowest BCUT2D eigenvalue weighted by molar-refractivity contribution is -0.150. The minimum Gasteiger partial charge on any atom is -0.369 e. The maximum absolute atomic E-state index is 6.88. The Morgan fingerprint density at radius 3 is 1.31 bits per heavy atom. The first-order valence-electron chi connectivity index (χ1n) is 11.4. The third-order valence-electron chi connectivity index (χ3n) is 7.02. The fourth-order valence-electron chi connectivity index (χ4n) is 3.93. The van der Waals surface area contributed by atoms with Crippen LogP contribution in [0.4, 0.5) is 0 Å². The molecule has 0 spiro atoms. The van der Waals surface area contributed by atoms with Crippen molar-refractivity contribution in [2.45, 2.75) is 105 Å². The van der Waals surface area contributed by atoms with Crippen molar-refractivity contribution in [3.63, 3.8) is 0 Å². The highest BCUT2D eigenvalue weighted by atomic mass is 16.5. The van der Waals surface area contributed by atoms with Crippen LogP contribution in [0.2, 0.25) is 0 Å². The van der Waals surface area contributed by atoms with Gasteiger partial charge in [0.1, 0.15) is 0 Å². The van der Waals surface area contributed by atoms with Gasteiger partial charge in [-0.2, -0.15) is 0 Å². The van der Waals surface area contributed by atoms with Crippen molar-refractivity contribution >= 4 is 0 Å². The summed E-state index contributed by atoms with van der Waals surface area (Å²) >= 11 is 0. The third kappa shape index (κ3) is 6.71. The Balaban J connectivity index is 2.03. The Labute approximate surface area is 179 Å². The highest BCUT2D eigenvalue weighted by molar-refractivity contribution is 5.31. The van der Waals surface area contributed by atoms with E-state index in [9.17, 15) is 0 Å². The van der Waals surface area contributed by atoms with Crippen LogP contribution in [-0.2, 0) is 17.6 Å². The van der Waals surface area contributed by atoms with Gasteiger partial charge in [0.15, 0.2) is 0 Å². The van der Waals surface area contributed by atoms with E-state index in [0.29, 0.717) is 0 Å². The van der Waals surface area contributed by atoms with Crippen molar-refractivity contribution in [3.8, 4) is 0 Å². The van der Waals surface area contributed by atoms with Crippen molar-refractivity contribution < 1.29 is 4.74 Å². The molecule has 0 aromatic heterocycles. The molecule has 2 aromatic carbocycles. The Bertz CT molecular complexity index is 738. The molecule has 0 aliphatic rings. The van der Waals surface area contributed by atoms with E-state index in [1.807, 2.05) is 0 Å². The Morgan fingerprint density at radius 2 is 1.00 bits per heavy atom. The zero-order valence-electron chi connectivity index (χ0n) is 20.1. The van der Waals surface area contributed by atoms with Gasteiger partial charge in [0, 0.05) is 0 Å². The summed E-state index contributed by atoms with van der Waals surface area (Å²) in [5.74, 6) is 0. The summed E-state index contributed by atoms with van der Waals surface area (Å²) in [4.78, 5) is 0. The smallest absolute Gasteiger partial charge is 0.0662 e. The van der Waals surface area contributed by atoms with Gasteiger partial charge in [0.25, 0.3) is 0 Å². The van der Waals surface area contributed by atoms with E-state index in [1.54, 1.807) is 0 Å². The molecule has 0 aliphatic carbocycles. The minimum absolute atomic E-state index is 0.0905. The SMILES string of the molecule is CCC(C)(CCc1ccc(C)c(C)c1)OC(C)(CC)CCc1ccc(C)c(C)c1. The monoisotopic (exact) mass is 394 g/mol. The molecule has 160 valence electrons. The van der Waals surface area contributed by atoms with Crippen LogP contribution in [0.15, 0.2) is 36.4 Å². The van der Waals surface area contributed by atoms with E-state index in [1.165, 1.54) is 33.4 Å². The fraction of sp³-hybridized carbons (Fsp3) is 0.571. The molecule has 0 fully saturated rings. The van der Waals surface area contributed by atoms with Gasteiger partial charge in [-0.1, -0.05) is 50.2 Å². The summed E-state index contributed by atoms with van der Waals surface area (Å²) < 4.78 is 6.88. The lowest BCUT2D eigenvalue weighted by atomic mass is 9.88. The Morgan fingerprint density at radius 1 is 0.621 bits per heavy atom. The molecule has 0 heterocycles. The predicted molar refractivity (Wildman–Crippen MR) is 127 cm³/mol. The molecule has 0 saturated carbocycles. The highest BCUT2D eigenvalue weighted by Crippen LogP contribution is 2.33. The summed E-state index contributed by atoms with van der Waals surface area (Å²) in [6, 6.07) is 13.7. The molecule has 0 saturated heterocycles. The van der Waals surface area contributed by atoms with E-state index >= 15 is 0 Å². The normalized spacial score (nSPS) is 15.7. The summed E-state index contributed by atoms with van der Waals surface area (Å²) in [5.41, 5.74) is 8.16. The van der Waals surface area contributed by atoms with Crippen molar-refractivity contribution in [2.75, 3.05) is 0 Å². The second-order valence-corrected chi connectivity index (χ2v) is 9.55. The fourth-order valence-corrected chi connectivity index (χ4v) is 3.93. The van der Waals surface area contributed by atoms with Crippen LogP contribution in [0.5, 0.6) is 0 Å². The molecule has 1 heteroatoms. The van der Waals surface area contributed by atoms with E-state index in [0.717, 1.165) is 38.5 Å². The molecule has 29 heavy (non-hydrogen) atoms. The average Bonchev–Trinajstić information content (AvgIpc) is 2.70. The number of ether oxygens (including phenoxy) is 1. The van der Waals surface area contributed by atoms with Crippen molar-refractivity contribution in [1.29, 1.82) is 0 Å². The molecule has 0 radical (unpaired) electrons. The molecule has 0 N–H and O–H groups in total. The zero-order valence-corrected chi connectivity index (χ0v) is 20.1. The van der Waals surface area contributed by atoms with Crippen LogP contribution >= 0.6 is 0 Å². The zero-order chi connectivity index (χ0) is 21.7. The van der Waals surface area contributed by atoms with Gasteiger partial charge in [-0.15, -0.1) is 0 Å². The van der Waals surface area contributed by atoms with Crippen molar-refractivity contribution in [3.05, 3.63) is 69.8 Å². The van der Waals surface area contributed by atoms with E-state index < -0.39 is 0 Å². The molecule has 2 unspecified atom stereocenters. The maximum atomic E-state index is 6.88. The van der Waals surface area contributed by atoms with E-state index in [2.05, 4.69) is 91.8 Å². The molecule has 1 nitrogen and oxygen atoms in total. The predicted octanol–water partition coefficient (Wildman–Crippen LogP) is 7.84. The van der Waals surface area contributed by atoms with Crippen molar-refractivity contribution in [2.24, 2.45) is 0 Å². The molecule has 0 bridgehead atoms. The number of hydrogen-bond acceptors (Lipinski definition) is 1. The molecule has 2 aromatic rings.